The van der Waals surface area contributed by atoms with Gasteiger partial charge < -0.3 is 9.84 Å². The van der Waals surface area contributed by atoms with Gasteiger partial charge in [-0.2, -0.15) is 10.2 Å². The van der Waals surface area contributed by atoms with Crippen LogP contribution in [0.25, 0.3) is 0 Å². The van der Waals surface area contributed by atoms with Crippen molar-refractivity contribution < 1.29 is 8.91 Å². The van der Waals surface area contributed by atoms with Crippen molar-refractivity contribution in [2.75, 3.05) is 5.32 Å². The average Bonchev–Trinajstić information content (AvgIpc) is 2.79. The SMILES string of the molecule is N#Cc1ccc(NCc2ncon2)cc1F. The minimum absolute atomic E-state index is 0.0186. The van der Waals surface area contributed by atoms with Gasteiger partial charge in [-0.15, -0.1) is 0 Å². The van der Waals surface area contributed by atoms with Crippen LogP contribution in [0, 0.1) is 17.1 Å². The molecule has 0 saturated carbocycles. The van der Waals surface area contributed by atoms with E-state index in [1.165, 1.54) is 18.5 Å². The standard InChI is InChI=1S/C10H7FN4O/c11-9-3-8(2-1-7(9)4-12)13-5-10-14-6-16-15-10/h1-3,6,13H,5H2. The van der Waals surface area contributed by atoms with E-state index in [4.69, 9.17) is 5.26 Å². The van der Waals surface area contributed by atoms with Crippen LogP contribution in [0.5, 0.6) is 0 Å². The van der Waals surface area contributed by atoms with E-state index in [2.05, 4.69) is 20.0 Å². The summed E-state index contributed by atoms with van der Waals surface area (Å²) in [5.74, 6) is -0.0784. The summed E-state index contributed by atoms with van der Waals surface area (Å²) in [6.07, 6.45) is 1.22. The Hall–Kier alpha value is -2.42. The fourth-order valence-electron chi connectivity index (χ4n) is 1.17. The van der Waals surface area contributed by atoms with E-state index in [9.17, 15) is 4.39 Å². The summed E-state index contributed by atoms with van der Waals surface area (Å²) in [6, 6.07) is 6.02. The minimum Gasteiger partial charge on any atom is -0.378 e. The molecule has 0 fully saturated rings. The highest BCUT2D eigenvalue weighted by molar-refractivity contribution is 5.48. The van der Waals surface area contributed by atoms with Gasteiger partial charge in [0.2, 0.25) is 6.39 Å². The summed E-state index contributed by atoms with van der Waals surface area (Å²) >= 11 is 0. The summed E-state index contributed by atoms with van der Waals surface area (Å²) < 4.78 is 17.7. The summed E-state index contributed by atoms with van der Waals surface area (Å²) in [6.45, 7) is 0.335. The average molecular weight is 218 g/mol. The first-order valence-corrected chi connectivity index (χ1v) is 4.48. The van der Waals surface area contributed by atoms with Gasteiger partial charge in [0.1, 0.15) is 11.9 Å². The first-order chi connectivity index (χ1) is 7.79. The Balaban J connectivity index is 2.06. The third kappa shape index (κ3) is 2.15. The van der Waals surface area contributed by atoms with Crippen LogP contribution in [-0.4, -0.2) is 10.1 Å². The monoisotopic (exact) mass is 218 g/mol. The van der Waals surface area contributed by atoms with Gasteiger partial charge in [0.05, 0.1) is 12.1 Å². The van der Waals surface area contributed by atoms with E-state index >= 15 is 0 Å². The quantitative estimate of drug-likeness (QED) is 0.848. The van der Waals surface area contributed by atoms with E-state index in [1.807, 2.05) is 0 Å². The third-order valence-corrected chi connectivity index (χ3v) is 1.95. The summed E-state index contributed by atoms with van der Waals surface area (Å²) in [7, 11) is 0. The second-order valence-corrected chi connectivity index (χ2v) is 3.01. The summed E-state index contributed by atoms with van der Waals surface area (Å²) in [5, 5.41) is 15.0. The van der Waals surface area contributed by atoms with Crippen molar-refractivity contribution in [1.82, 2.24) is 10.1 Å². The van der Waals surface area contributed by atoms with Gasteiger partial charge in [-0.05, 0) is 18.2 Å². The van der Waals surface area contributed by atoms with Gasteiger partial charge >= 0.3 is 0 Å². The van der Waals surface area contributed by atoms with Gasteiger partial charge in [0, 0.05) is 5.69 Å². The lowest BCUT2D eigenvalue weighted by atomic mass is 10.2. The molecule has 0 amide bonds. The van der Waals surface area contributed by atoms with Gasteiger partial charge in [-0.25, -0.2) is 4.39 Å². The van der Waals surface area contributed by atoms with Crippen molar-refractivity contribution in [1.29, 1.82) is 5.26 Å². The molecule has 0 aliphatic carbocycles. The molecule has 1 heterocycles. The maximum Gasteiger partial charge on any atom is 0.213 e. The summed E-state index contributed by atoms with van der Waals surface area (Å²) in [5.41, 5.74) is 0.575. The first-order valence-electron chi connectivity index (χ1n) is 4.48. The molecule has 0 saturated heterocycles. The van der Waals surface area contributed by atoms with Crippen molar-refractivity contribution in [2.45, 2.75) is 6.54 Å². The maximum atomic E-state index is 13.2. The maximum absolute atomic E-state index is 13.2. The normalized spacial score (nSPS) is 9.75. The molecule has 1 aromatic carbocycles. The van der Waals surface area contributed by atoms with E-state index in [-0.39, 0.29) is 5.56 Å². The van der Waals surface area contributed by atoms with Crippen LogP contribution in [0.3, 0.4) is 0 Å². The summed E-state index contributed by atoms with van der Waals surface area (Å²) in [4.78, 5) is 3.80. The first kappa shape index (κ1) is 10.1. The molecule has 0 atom stereocenters. The minimum atomic E-state index is -0.555. The van der Waals surface area contributed by atoms with Gasteiger partial charge in [0.15, 0.2) is 5.82 Å². The highest BCUT2D eigenvalue weighted by atomic mass is 19.1. The number of nitriles is 1. The second-order valence-electron chi connectivity index (χ2n) is 3.01. The zero-order chi connectivity index (χ0) is 11.4. The van der Waals surface area contributed by atoms with E-state index in [0.717, 1.165) is 0 Å². The lowest BCUT2D eigenvalue weighted by molar-refractivity contribution is 0.411. The topological polar surface area (TPSA) is 74.7 Å². The highest BCUT2D eigenvalue weighted by Crippen LogP contribution is 2.14. The number of benzene rings is 1. The molecule has 0 aliphatic heterocycles. The van der Waals surface area contributed by atoms with Crippen LogP contribution in [0.1, 0.15) is 11.4 Å². The smallest absolute Gasteiger partial charge is 0.213 e. The molecule has 80 valence electrons. The number of nitrogens with zero attached hydrogens (tertiary/aromatic N) is 3. The lowest BCUT2D eigenvalue weighted by Crippen LogP contribution is -2.01. The number of halogens is 1. The predicted octanol–water partition coefficient (Wildman–Crippen LogP) is 1.69. The van der Waals surface area contributed by atoms with Crippen molar-refractivity contribution in [3.63, 3.8) is 0 Å². The van der Waals surface area contributed by atoms with Gasteiger partial charge in [0.25, 0.3) is 0 Å². The molecule has 16 heavy (non-hydrogen) atoms. The zero-order valence-electron chi connectivity index (χ0n) is 8.14. The van der Waals surface area contributed by atoms with Gasteiger partial charge in [-0.1, -0.05) is 5.16 Å². The lowest BCUT2D eigenvalue weighted by Gasteiger charge is -2.03. The van der Waals surface area contributed by atoms with E-state index < -0.39 is 5.82 Å². The van der Waals surface area contributed by atoms with E-state index in [1.54, 1.807) is 12.1 Å². The van der Waals surface area contributed by atoms with Crippen molar-refractivity contribution in [2.24, 2.45) is 0 Å². The van der Waals surface area contributed by atoms with Crippen molar-refractivity contribution in [3.8, 4) is 6.07 Å². The van der Waals surface area contributed by atoms with Gasteiger partial charge in [-0.3, -0.25) is 0 Å². The number of nitrogens with one attached hydrogen (secondary N) is 1. The fraction of sp³-hybridized carbons (Fsp3) is 0.100. The van der Waals surface area contributed by atoms with Crippen LogP contribution in [0.4, 0.5) is 10.1 Å². The van der Waals surface area contributed by atoms with Crippen LogP contribution >= 0.6 is 0 Å². The Kier molecular flexibility index (Phi) is 2.78. The Bertz CT molecular complexity index is 518. The van der Waals surface area contributed by atoms with Crippen LogP contribution < -0.4 is 5.32 Å². The number of aromatic nitrogens is 2. The molecular formula is C10H7FN4O. The Labute approximate surface area is 90.5 Å². The fourth-order valence-corrected chi connectivity index (χ4v) is 1.17. The van der Waals surface area contributed by atoms with Crippen LogP contribution in [0.2, 0.25) is 0 Å². The Morgan fingerprint density at radius 3 is 3.00 bits per heavy atom. The molecule has 0 aliphatic rings. The highest BCUT2D eigenvalue weighted by Gasteiger charge is 2.03. The Morgan fingerprint density at radius 2 is 2.38 bits per heavy atom. The third-order valence-electron chi connectivity index (χ3n) is 1.95. The Morgan fingerprint density at radius 1 is 1.50 bits per heavy atom. The number of hydrogen-bond acceptors (Lipinski definition) is 5. The van der Waals surface area contributed by atoms with E-state index in [0.29, 0.717) is 18.1 Å². The molecular weight excluding hydrogens is 211 g/mol. The number of hydrogen-bond donors (Lipinski definition) is 1. The number of anilines is 1. The molecule has 2 rings (SSSR count). The molecule has 5 nitrogen and oxygen atoms in total. The van der Waals surface area contributed by atoms with Crippen LogP contribution in [-0.2, 0) is 6.54 Å². The molecule has 0 bridgehead atoms. The predicted molar refractivity (Wildman–Crippen MR) is 52.7 cm³/mol. The zero-order valence-corrected chi connectivity index (χ0v) is 8.14. The molecule has 1 N–H and O–H groups in total. The second kappa shape index (κ2) is 4.40. The van der Waals surface area contributed by atoms with Crippen molar-refractivity contribution >= 4 is 5.69 Å². The molecule has 6 heteroatoms. The van der Waals surface area contributed by atoms with Crippen LogP contribution in [0.15, 0.2) is 29.1 Å². The molecule has 0 unspecified atom stereocenters. The molecule has 2 aromatic rings. The largest absolute Gasteiger partial charge is 0.378 e. The molecule has 1 aromatic heterocycles. The van der Waals surface area contributed by atoms with Crippen molar-refractivity contribution in [3.05, 3.63) is 41.8 Å². The number of rotatable bonds is 3. The molecule has 0 spiro atoms. The molecule has 0 radical (unpaired) electrons.